The van der Waals surface area contributed by atoms with Crippen molar-refractivity contribution < 1.29 is 2.81 Å². The van der Waals surface area contributed by atoms with Crippen LogP contribution in [0.1, 0.15) is 13.8 Å². The summed E-state index contributed by atoms with van der Waals surface area (Å²) in [5, 5.41) is 0. The van der Waals surface area contributed by atoms with Crippen LogP contribution in [-0.4, -0.2) is 31.3 Å². The molecule has 1 nitrogen and oxygen atoms in total. The average Bonchev–Trinajstić information content (AvgIpc) is 1.38. The first-order valence-corrected chi connectivity index (χ1v) is 2.99. The Labute approximate surface area is 48.2 Å². The van der Waals surface area contributed by atoms with Gasteiger partial charge >= 0.3 is 47.9 Å². The molecule has 2 radical (unpaired) electrons. The molecular formula is C3H7BiO. The van der Waals surface area contributed by atoms with Crippen molar-refractivity contribution in [3.8, 4) is 0 Å². The molecule has 5 heavy (non-hydrogen) atoms. The van der Waals surface area contributed by atoms with Crippen molar-refractivity contribution in [2.24, 2.45) is 0 Å². The molecule has 0 fully saturated rings. The van der Waals surface area contributed by atoms with Crippen molar-refractivity contribution in [3.05, 3.63) is 0 Å². The third-order valence-electron chi connectivity index (χ3n) is 0.211. The first kappa shape index (κ1) is 5.84. The summed E-state index contributed by atoms with van der Waals surface area (Å²) in [5.41, 5.74) is 0. The van der Waals surface area contributed by atoms with Crippen molar-refractivity contribution in [3.63, 3.8) is 0 Å². The van der Waals surface area contributed by atoms with Gasteiger partial charge in [0.2, 0.25) is 0 Å². The zero-order valence-corrected chi connectivity index (χ0v) is 6.91. The van der Waals surface area contributed by atoms with E-state index in [9.17, 15) is 0 Å². The van der Waals surface area contributed by atoms with Gasteiger partial charge in [-0.05, 0) is 0 Å². The summed E-state index contributed by atoms with van der Waals surface area (Å²) >= 11 is 1.04. The van der Waals surface area contributed by atoms with Crippen LogP contribution in [0.15, 0.2) is 0 Å². The summed E-state index contributed by atoms with van der Waals surface area (Å²) < 4.78 is 4.86. The topological polar surface area (TPSA) is 9.23 Å². The van der Waals surface area contributed by atoms with Crippen LogP contribution >= 0.6 is 0 Å². The molecule has 0 aromatic heterocycles. The van der Waals surface area contributed by atoms with Crippen LogP contribution in [-0.2, 0) is 2.81 Å². The molecule has 0 amide bonds. The summed E-state index contributed by atoms with van der Waals surface area (Å²) in [5.74, 6) is 0. The number of hydrogen-bond acceptors (Lipinski definition) is 1. The van der Waals surface area contributed by atoms with Crippen LogP contribution in [0, 0.1) is 0 Å². The summed E-state index contributed by atoms with van der Waals surface area (Å²) in [6, 6.07) is 0. The second-order valence-corrected chi connectivity index (χ2v) is 1.97. The second kappa shape index (κ2) is 3.05. The Morgan fingerprint density at radius 3 is 1.80 bits per heavy atom. The number of rotatable bonds is 1. The molecule has 2 heteroatoms. The van der Waals surface area contributed by atoms with Crippen molar-refractivity contribution >= 4 is 25.2 Å². The van der Waals surface area contributed by atoms with Gasteiger partial charge in [0.15, 0.2) is 0 Å². The SMILES string of the molecule is CC(C)[O][Bi]. The maximum absolute atomic E-state index is 4.86. The molecule has 0 bridgehead atoms. The van der Waals surface area contributed by atoms with Gasteiger partial charge in [-0.15, -0.1) is 0 Å². The zero-order chi connectivity index (χ0) is 4.28. The van der Waals surface area contributed by atoms with Crippen molar-refractivity contribution in [2.45, 2.75) is 20.0 Å². The average molecular weight is 268 g/mol. The van der Waals surface area contributed by atoms with Gasteiger partial charge in [0.05, 0.1) is 0 Å². The van der Waals surface area contributed by atoms with E-state index in [0.29, 0.717) is 6.10 Å². The Morgan fingerprint density at radius 2 is 1.80 bits per heavy atom. The summed E-state index contributed by atoms with van der Waals surface area (Å²) in [6.07, 6.45) is 0.434. The molecule has 0 saturated carbocycles. The molecule has 0 saturated heterocycles. The van der Waals surface area contributed by atoms with Gasteiger partial charge in [-0.25, -0.2) is 0 Å². The Hall–Kier alpha value is 0.843. The molecule has 0 aliphatic rings. The molecule has 0 rings (SSSR count). The summed E-state index contributed by atoms with van der Waals surface area (Å²) in [4.78, 5) is 0. The molecule has 0 heterocycles. The van der Waals surface area contributed by atoms with E-state index >= 15 is 0 Å². The number of hydrogen-bond donors (Lipinski definition) is 0. The van der Waals surface area contributed by atoms with E-state index in [0.717, 1.165) is 25.2 Å². The first-order valence-electron chi connectivity index (χ1n) is 1.57. The third-order valence-corrected chi connectivity index (χ3v) is 1.85. The van der Waals surface area contributed by atoms with E-state index < -0.39 is 0 Å². The quantitative estimate of drug-likeness (QED) is 0.629. The van der Waals surface area contributed by atoms with Gasteiger partial charge in [0.1, 0.15) is 0 Å². The fraction of sp³-hybridized carbons (Fsp3) is 1.00. The molecular weight excluding hydrogens is 261 g/mol. The van der Waals surface area contributed by atoms with Crippen molar-refractivity contribution in [1.29, 1.82) is 0 Å². The minimum atomic E-state index is 0.434. The molecule has 0 spiro atoms. The monoisotopic (exact) mass is 268 g/mol. The Kier molecular flexibility index (Phi) is 3.56. The molecule has 0 atom stereocenters. The Morgan fingerprint density at radius 1 is 1.60 bits per heavy atom. The van der Waals surface area contributed by atoms with Gasteiger partial charge < -0.3 is 0 Å². The van der Waals surface area contributed by atoms with Crippen molar-refractivity contribution in [1.82, 2.24) is 0 Å². The summed E-state index contributed by atoms with van der Waals surface area (Å²) in [6.45, 7) is 4.06. The fourth-order valence-electron chi connectivity index (χ4n) is 0. The van der Waals surface area contributed by atoms with Crippen LogP contribution in [0.25, 0.3) is 0 Å². The van der Waals surface area contributed by atoms with Crippen LogP contribution in [0.3, 0.4) is 0 Å². The van der Waals surface area contributed by atoms with Gasteiger partial charge in [-0.2, -0.15) is 0 Å². The van der Waals surface area contributed by atoms with Crippen molar-refractivity contribution in [2.75, 3.05) is 0 Å². The summed E-state index contributed by atoms with van der Waals surface area (Å²) in [7, 11) is 0. The third kappa shape index (κ3) is 4.84. The Bertz CT molecular complexity index is 20.9. The van der Waals surface area contributed by atoms with E-state index in [-0.39, 0.29) is 0 Å². The maximum atomic E-state index is 4.86. The molecule has 0 aliphatic carbocycles. The van der Waals surface area contributed by atoms with E-state index in [1.165, 1.54) is 0 Å². The van der Waals surface area contributed by atoms with Crippen LogP contribution in [0.2, 0.25) is 0 Å². The zero-order valence-electron chi connectivity index (χ0n) is 3.43. The van der Waals surface area contributed by atoms with Crippen LogP contribution in [0.4, 0.5) is 0 Å². The molecule has 0 N–H and O–H groups in total. The molecule has 30 valence electrons. The van der Waals surface area contributed by atoms with Gasteiger partial charge in [0.25, 0.3) is 0 Å². The van der Waals surface area contributed by atoms with Crippen LogP contribution in [0.5, 0.6) is 0 Å². The second-order valence-electron chi connectivity index (χ2n) is 1.15. The molecule has 0 aromatic carbocycles. The predicted molar refractivity (Wildman–Crippen MR) is 22.0 cm³/mol. The first-order chi connectivity index (χ1) is 2.27. The normalized spacial score (nSPS) is 9.60. The van der Waals surface area contributed by atoms with Gasteiger partial charge in [0, 0.05) is 0 Å². The van der Waals surface area contributed by atoms with Gasteiger partial charge in [-0.1, -0.05) is 0 Å². The fourth-order valence-corrected chi connectivity index (χ4v) is 0. The Balaban J connectivity index is 2.54. The van der Waals surface area contributed by atoms with E-state index in [2.05, 4.69) is 0 Å². The van der Waals surface area contributed by atoms with Crippen LogP contribution < -0.4 is 0 Å². The minimum absolute atomic E-state index is 0.434. The predicted octanol–water partition coefficient (Wildman–Crippen LogP) is 0.495. The van der Waals surface area contributed by atoms with E-state index in [1.54, 1.807) is 0 Å². The van der Waals surface area contributed by atoms with Gasteiger partial charge in [-0.3, -0.25) is 0 Å². The van der Waals surface area contributed by atoms with E-state index in [4.69, 9.17) is 2.81 Å². The molecule has 0 unspecified atom stereocenters. The molecule has 0 aliphatic heterocycles. The molecule has 0 aromatic rings. The standard InChI is InChI=1S/C3H7O.Bi/c1-3(2)4;/h3H,1-2H3;/q-1;+1. The van der Waals surface area contributed by atoms with E-state index in [1.807, 2.05) is 13.8 Å².